The number of methoxy groups -OCH3 is 1. The Morgan fingerprint density at radius 1 is 1.08 bits per heavy atom. The first-order valence-corrected chi connectivity index (χ1v) is 9.37. The number of fused-ring (bicyclic) bond motifs is 1. The van der Waals surface area contributed by atoms with E-state index in [-0.39, 0.29) is 11.8 Å². The number of rotatable bonds is 4. The van der Waals surface area contributed by atoms with Gasteiger partial charge in [0.05, 0.1) is 13.2 Å². The normalized spacial score (nSPS) is 16.7. The van der Waals surface area contributed by atoms with Gasteiger partial charge in [-0.3, -0.25) is 4.90 Å². The number of aryl methyl sites for hydroxylation is 1. The molecule has 1 fully saturated rings. The molecule has 4 rings (SSSR count). The maximum atomic E-state index is 10.0. The summed E-state index contributed by atoms with van der Waals surface area (Å²) in [5.74, 6) is 0.714. The first-order chi connectivity index (χ1) is 12.7. The molecule has 4 nitrogen and oxygen atoms in total. The van der Waals surface area contributed by atoms with Gasteiger partial charge in [0.2, 0.25) is 0 Å². The van der Waals surface area contributed by atoms with Gasteiger partial charge < -0.3 is 14.8 Å². The van der Waals surface area contributed by atoms with E-state index in [1.165, 1.54) is 41.4 Å². The van der Waals surface area contributed by atoms with Gasteiger partial charge in [-0.2, -0.15) is 0 Å². The van der Waals surface area contributed by atoms with E-state index in [9.17, 15) is 5.11 Å². The molecule has 1 unspecified atom stereocenters. The number of para-hydroxylation sites is 1. The molecule has 0 radical (unpaired) electrons. The molecule has 1 aliphatic rings. The quantitative estimate of drug-likeness (QED) is 0.713. The molecule has 2 aromatic carbocycles. The first kappa shape index (κ1) is 17.0. The maximum Gasteiger partial charge on any atom is 0.160 e. The number of hydrogen-bond donors (Lipinski definition) is 2. The van der Waals surface area contributed by atoms with Gasteiger partial charge in [0, 0.05) is 22.2 Å². The Morgan fingerprint density at radius 2 is 1.85 bits per heavy atom. The van der Waals surface area contributed by atoms with Gasteiger partial charge in [-0.1, -0.05) is 30.7 Å². The highest BCUT2D eigenvalue weighted by Crippen LogP contribution is 2.40. The van der Waals surface area contributed by atoms with E-state index in [2.05, 4.69) is 41.1 Å². The number of likely N-dealkylation sites (tertiary alicyclic amines) is 1. The van der Waals surface area contributed by atoms with Crippen LogP contribution in [0.1, 0.15) is 42.1 Å². The molecule has 2 heterocycles. The lowest BCUT2D eigenvalue weighted by atomic mass is 9.92. The molecule has 1 aliphatic heterocycles. The van der Waals surface area contributed by atoms with Crippen LogP contribution in [-0.4, -0.2) is 35.2 Å². The van der Waals surface area contributed by atoms with Gasteiger partial charge >= 0.3 is 0 Å². The second-order valence-electron chi connectivity index (χ2n) is 7.14. The van der Waals surface area contributed by atoms with Crippen LogP contribution in [0.25, 0.3) is 10.9 Å². The Morgan fingerprint density at radius 3 is 2.62 bits per heavy atom. The molecular weight excluding hydrogens is 324 g/mol. The third-order valence-electron chi connectivity index (χ3n) is 5.49. The van der Waals surface area contributed by atoms with Gasteiger partial charge in [0.1, 0.15) is 0 Å². The van der Waals surface area contributed by atoms with Gasteiger partial charge in [0.15, 0.2) is 11.5 Å². The average Bonchev–Trinajstić information content (AvgIpc) is 3.00. The first-order valence-electron chi connectivity index (χ1n) is 9.37. The summed E-state index contributed by atoms with van der Waals surface area (Å²) in [6, 6.07) is 14.4. The van der Waals surface area contributed by atoms with Crippen LogP contribution in [-0.2, 0) is 0 Å². The minimum Gasteiger partial charge on any atom is -0.504 e. The predicted octanol–water partition coefficient (Wildman–Crippen LogP) is 4.77. The molecule has 2 N–H and O–H groups in total. The van der Waals surface area contributed by atoms with Crippen molar-refractivity contribution in [2.75, 3.05) is 20.2 Å². The van der Waals surface area contributed by atoms with E-state index in [1.807, 2.05) is 12.1 Å². The summed E-state index contributed by atoms with van der Waals surface area (Å²) in [6.07, 6.45) is 3.76. The third kappa shape index (κ3) is 2.95. The Bertz CT molecular complexity index is 910. The van der Waals surface area contributed by atoms with Crippen LogP contribution in [0.15, 0.2) is 42.5 Å². The monoisotopic (exact) mass is 350 g/mol. The fraction of sp³-hybridized carbons (Fsp3) is 0.364. The molecule has 0 bridgehead atoms. The molecule has 1 atom stereocenters. The number of phenols is 1. The van der Waals surface area contributed by atoms with Crippen molar-refractivity contribution in [2.24, 2.45) is 0 Å². The highest BCUT2D eigenvalue weighted by Gasteiger charge is 2.28. The van der Waals surface area contributed by atoms with Gasteiger partial charge in [0.25, 0.3) is 0 Å². The number of ether oxygens (including phenoxy) is 1. The van der Waals surface area contributed by atoms with E-state index in [0.717, 1.165) is 18.7 Å². The number of aromatic amines is 1. The highest BCUT2D eigenvalue weighted by molar-refractivity contribution is 5.85. The Kier molecular flexibility index (Phi) is 4.60. The topological polar surface area (TPSA) is 48.5 Å². The Hall–Kier alpha value is -2.46. The third-order valence-corrected chi connectivity index (χ3v) is 5.49. The zero-order valence-corrected chi connectivity index (χ0v) is 15.5. The molecule has 4 heteroatoms. The lowest BCUT2D eigenvalue weighted by Crippen LogP contribution is -2.34. The summed E-state index contributed by atoms with van der Waals surface area (Å²) < 4.78 is 5.38. The van der Waals surface area contributed by atoms with Crippen molar-refractivity contribution in [1.29, 1.82) is 0 Å². The van der Waals surface area contributed by atoms with E-state index in [1.54, 1.807) is 13.2 Å². The van der Waals surface area contributed by atoms with Crippen LogP contribution in [0.4, 0.5) is 0 Å². The Labute approximate surface area is 154 Å². The van der Waals surface area contributed by atoms with Crippen LogP contribution >= 0.6 is 0 Å². The summed E-state index contributed by atoms with van der Waals surface area (Å²) in [6.45, 7) is 4.34. The molecule has 0 spiro atoms. The fourth-order valence-corrected chi connectivity index (χ4v) is 4.25. The van der Waals surface area contributed by atoms with Crippen molar-refractivity contribution in [3.05, 3.63) is 59.3 Å². The van der Waals surface area contributed by atoms with Crippen molar-refractivity contribution in [3.8, 4) is 11.5 Å². The van der Waals surface area contributed by atoms with Gasteiger partial charge in [-0.05, 0) is 56.6 Å². The molecule has 1 saturated heterocycles. The summed E-state index contributed by atoms with van der Waals surface area (Å²) in [7, 11) is 1.60. The number of nitrogens with zero attached hydrogens (tertiary/aromatic N) is 1. The minimum absolute atomic E-state index is 0.154. The number of piperidine rings is 1. The number of benzene rings is 2. The molecule has 3 aromatic rings. The molecule has 1 aromatic heterocycles. The number of hydrogen-bond acceptors (Lipinski definition) is 3. The van der Waals surface area contributed by atoms with Crippen molar-refractivity contribution in [2.45, 2.75) is 32.2 Å². The molecular formula is C22H26N2O2. The standard InChI is InChI=1S/C22H26N2O2/c1-15-21(17-8-4-5-9-18(17)23-15)22(24-12-6-3-7-13-24)16-10-11-19(25)20(14-16)26-2/h4-5,8-11,14,22-23,25H,3,6-7,12-13H2,1-2H3. The summed E-state index contributed by atoms with van der Waals surface area (Å²) >= 11 is 0. The van der Waals surface area contributed by atoms with Crippen LogP contribution in [0.2, 0.25) is 0 Å². The summed E-state index contributed by atoms with van der Waals surface area (Å²) in [5.41, 5.74) is 4.87. The summed E-state index contributed by atoms with van der Waals surface area (Å²) in [4.78, 5) is 6.12. The van der Waals surface area contributed by atoms with E-state index >= 15 is 0 Å². The fourth-order valence-electron chi connectivity index (χ4n) is 4.25. The lowest BCUT2D eigenvalue weighted by molar-refractivity contribution is 0.187. The highest BCUT2D eigenvalue weighted by atomic mass is 16.5. The molecule has 0 amide bonds. The van der Waals surface area contributed by atoms with Gasteiger partial charge in [-0.25, -0.2) is 0 Å². The van der Waals surface area contributed by atoms with Crippen molar-refractivity contribution >= 4 is 10.9 Å². The number of aromatic nitrogens is 1. The second kappa shape index (κ2) is 7.04. The molecule has 0 saturated carbocycles. The zero-order chi connectivity index (χ0) is 18.1. The number of H-pyrrole nitrogens is 1. The van der Waals surface area contributed by atoms with Crippen LogP contribution < -0.4 is 4.74 Å². The predicted molar refractivity (Wildman–Crippen MR) is 105 cm³/mol. The summed E-state index contributed by atoms with van der Waals surface area (Å²) in [5, 5.41) is 11.3. The SMILES string of the molecule is COc1cc(C(c2c(C)[nH]c3ccccc23)N2CCCCC2)ccc1O. The second-order valence-corrected chi connectivity index (χ2v) is 7.14. The largest absolute Gasteiger partial charge is 0.504 e. The molecule has 136 valence electrons. The van der Waals surface area contributed by atoms with Crippen LogP contribution in [0, 0.1) is 6.92 Å². The molecule has 26 heavy (non-hydrogen) atoms. The van der Waals surface area contributed by atoms with Crippen LogP contribution in [0.3, 0.4) is 0 Å². The van der Waals surface area contributed by atoms with Crippen molar-refractivity contribution in [3.63, 3.8) is 0 Å². The van der Waals surface area contributed by atoms with Crippen LogP contribution in [0.5, 0.6) is 11.5 Å². The number of phenolic OH excluding ortho intramolecular Hbond substituents is 1. The van der Waals surface area contributed by atoms with Gasteiger partial charge in [-0.15, -0.1) is 0 Å². The van der Waals surface area contributed by atoms with Crippen molar-refractivity contribution < 1.29 is 9.84 Å². The Balaban J connectivity index is 1.89. The van der Waals surface area contributed by atoms with E-state index in [0.29, 0.717) is 5.75 Å². The number of nitrogens with one attached hydrogen (secondary N) is 1. The number of aromatic hydroxyl groups is 1. The van der Waals surface area contributed by atoms with E-state index in [4.69, 9.17) is 4.74 Å². The van der Waals surface area contributed by atoms with Crippen molar-refractivity contribution in [1.82, 2.24) is 9.88 Å². The average molecular weight is 350 g/mol. The lowest BCUT2D eigenvalue weighted by Gasteiger charge is -2.35. The van der Waals surface area contributed by atoms with E-state index < -0.39 is 0 Å². The molecule has 0 aliphatic carbocycles. The minimum atomic E-state index is 0.154. The smallest absolute Gasteiger partial charge is 0.160 e. The zero-order valence-electron chi connectivity index (χ0n) is 15.5. The maximum absolute atomic E-state index is 10.0.